The Morgan fingerprint density at radius 1 is 1.40 bits per heavy atom. The van der Waals surface area contributed by atoms with Gasteiger partial charge in [0.15, 0.2) is 0 Å². The first kappa shape index (κ1) is 9.63. The SMILES string of the molecule is CCCn1ncnc1Cn1cnc(N)n1. The highest BCUT2D eigenvalue weighted by atomic mass is 15.4. The van der Waals surface area contributed by atoms with Crippen LogP contribution >= 0.6 is 0 Å². The summed E-state index contributed by atoms with van der Waals surface area (Å²) in [5, 5.41) is 8.11. The molecular weight excluding hydrogens is 194 g/mol. The molecule has 0 aliphatic rings. The van der Waals surface area contributed by atoms with E-state index in [1.807, 2.05) is 4.68 Å². The van der Waals surface area contributed by atoms with E-state index in [4.69, 9.17) is 5.73 Å². The first-order valence-electron chi connectivity index (χ1n) is 4.81. The third kappa shape index (κ3) is 2.12. The molecule has 2 heterocycles. The molecule has 0 fully saturated rings. The Morgan fingerprint density at radius 2 is 2.27 bits per heavy atom. The van der Waals surface area contributed by atoms with Gasteiger partial charge in [0.05, 0.1) is 0 Å². The number of hydrogen-bond acceptors (Lipinski definition) is 5. The lowest BCUT2D eigenvalue weighted by Gasteiger charge is -2.03. The van der Waals surface area contributed by atoms with E-state index in [1.54, 1.807) is 17.3 Å². The van der Waals surface area contributed by atoms with Gasteiger partial charge in [-0.15, -0.1) is 5.10 Å². The Hall–Kier alpha value is -1.92. The molecule has 0 aromatic carbocycles. The molecule has 0 bridgehead atoms. The van der Waals surface area contributed by atoms with Crippen LogP contribution in [0.15, 0.2) is 12.7 Å². The minimum Gasteiger partial charge on any atom is -0.367 e. The maximum Gasteiger partial charge on any atom is 0.239 e. The summed E-state index contributed by atoms with van der Waals surface area (Å²) in [6.45, 7) is 3.50. The summed E-state index contributed by atoms with van der Waals surface area (Å²) in [4.78, 5) is 8.01. The van der Waals surface area contributed by atoms with Gasteiger partial charge in [-0.25, -0.2) is 19.3 Å². The molecule has 2 rings (SSSR count). The summed E-state index contributed by atoms with van der Waals surface area (Å²) >= 11 is 0. The molecule has 0 amide bonds. The van der Waals surface area contributed by atoms with Gasteiger partial charge < -0.3 is 5.73 Å². The summed E-state index contributed by atoms with van der Waals surface area (Å²) in [6, 6.07) is 0. The highest BCUT2D eigenvalue weighted by molar-refractivity contribution is 5.09. The zero-order chi connectivity index (χ0) is 10.7. The standard InChI is InChI=1S/C8H13N7/c1-2-3-15-7(10-5-12-15)4-14-6-11-8(9)13-14/h5-6H,2-4H2,1H3,(H2,9,13). The molecule has 0 aliphatic heterocycles. The molecule has 0 saturated heterocycles. The maximum atomic E-state index is 5.42. The molecule has 7 nitrogen and oxygen atoms in total. The van der Waals surface area contributed by atoms with Crippen molar-refractivity contribution < 1.29 is 0 Å². The van der Waals surface area contributed by atoms with Crippen LogP contribution in [0.5, 0.6) is 0 Å². The van der Waals surface area contributed by atoms with Gasteiger partial charge in [-0.05, 0) is 6.42 Å². The molecule has 0 radical (unpaired) electrons. The van der Waals surface area contributed by atoms with Crippen molar-refractivity contribution in [2.75, 3.05) is 5.73 Å². The largest absolute Gasteiger partial charge is 0.367 e. The fourth-order valence-corrected chi connectivity index (χ4v) is 1.34. The van der Waals surface area contributed by atoms with E-state index in [0.717, 1.165) is 18.8 Å². The predicted octanol–water partition coefficient (Wildman–Crippen LogP) is -0.0899. The van der Waals surface area contributed by atoms with E-state index < -0.39 is 0 Å². The summed E-state index contributed by atoms with van der Waals surface area (Å²) in [7, 11) is 0. The quantitative estimate of drug-likeness (QED) is 0.757. The average Bonchev–Trinajstić information content (AvgIpc) is 2.78. The van der Waals surface area contributed by atoms with Gasteiger partial charge in [-0.1, -0.05) is 6.92 Å². The fourth-order valence-electron chi connectivity index (χ4n) is 1.34. The van der Waals surface area contributed by atoms with E-state index in [0.29, 0.717) is 6.54 Å². The van der Waals surface area contributed by atoms with Crippen LogP contribution in [0.4, 0.5) is 5.95 Å². The summed E-state index contributed by atoms with van der Waals surface area (Å²) in [5.74, 6) is 1.14. The minimum absolute atomic E-state index is 0.275. The molecule has 0 saturated carbocycles. The lowest BCUT2D eigenvalue weighted by molar-refractivity contribution is 0.539. The Kier molecular flexibility index (Phi) is 2.61. The lowest BCUT2D eigenvalue weighted by atomic mass is 10.5. The van der Waals surface area contributed by atoms with E-state index in [9.17, 15) is 0 Å². The van der Waals surface area contributed by atoms with Crippen LogP contribution < -0.4 is 5.73 Å². The second kappa shape index (κ2) is 4.07. The summed E-state index contributed by atoms with van der Waals surface area (Å²) in [5.41, 5.74) is 5.42. The Labute approximate surface area is 86.9 Å². The van der Waals surface area contributed by atoms with E-state index in [2.05, 4.69) is 27.1 Å². The predicted molar refractivity (Wildman–Crippen MR) is 53.8 cm³/mol. The van der Waals surface area contributed by atoms with Crippen molar-refractivity contribution in [3.8, 4) is 0 Å². The molecule has 2 aromatic heterocycles. The number of aromatic nitrogens is 6. The molecule has 2 N–H and O–H groups in total. The first-order chi connectivity index (χ1) is 7.29. The number of nitrogens with zero attached hydrogens (tertiary/aromatic N) is 6. The van der Waals surface area contributed by atoms with Crippen LogP contribution in [-0.2, 0) is 13.1 Å². The number of anilines is 1. The number of rotatable bonds is 4. The van der Waals surface area contributed by atoms with Gasteiger partial charge in [0.25, 0.3) is 0 Å². The zero-order valence-corrected chi connectivity index (χ0v) is 8.54. The molecule has 80 valence electrons. The number of hydrogen-bond donors (Lipinski definition) is 1. The smallest absolute Gasteiger partial charge is 0.239 e. The van der Waals surface area contributed by atoms with E-state index in [-0.39, 0.29) is 5.95 Å². The molecule has 0 aliphatic carbocycles. The molecule has 2 aromatic rings. The monoisotopic (exact) mass is 207 g/mol. The Morgan fingerprint density at radius 3 is 2.93 bits per heavy atom. The number of nitrogens with two attached hydrogens (primary N) is 1. The normalized spacial score (nSPS) is 10.7. The van der Waals surface area contributed by atoms with Gasteiger partial charge >= 0.3 is 0 Å². The van der Waals surface area contributed by atoms with Crippen molar-refractivity contribution >= 4 is 5.95 Å². The third-order valence-corrected chi connectivity index (χ3v) is 1.99. The number of nitrogen functional groups attached to an aromatic ring is 1. The van der Waals surface area contributed by atoms with Gasteiger partial charge in [-0.2, -0.15) is 5.10 Å². The van der Waals surface area contributed by atoms with Crippen molar-refractivity contribution in [2.24, 2.45) is 0 Å². The topological polar surface area (TPSA) is 87.4 Å². The van der Waals surface area contributed by atoms with Gasteiger partial charge in [0, 0.05) is 6.54 Å². The van der Waals surface area contributed by atoms with Crippen molar-refractivity contribution in [1.29, 1.82) is 0 Å². The van der Waals surface area contributed by atoms with Crippen molar-refractivity contribution in [3.05, 3.63) is 18.5 Å². The van der Waals surface area contributed by atoms with Crippen molar-refractivity contribution in [1.82, 2.24) is 29.5 Å². The van der Waals surface area contributed by atoms with Crippen LogP contribution in [0.3, 0.4) is 0 Å². The van der Waals surface area contributed by atoms with Crippen LogP contribution in [0.25, 0.3) is 0 Å². The summed E-state index contributed by atoms with van der Waals surface area (Å²) in [6.07, 6.45) is 4.15. The van der Waals surface area contributed by atoms with Gasteiger partial charge in [-0.3, -0.25) is 0 Å². The van der Waals surface area contributed by atoms with Crippen LogP contribution in [-0.4, -0.2) is 29.5 Å². The zero-order valence-electron chi connectivity index (χ0n) is 8.54. The van der Waals surface area contributed by atoms with Gasteiger partial charge in [0.2, 0.25) is 5.95 Å². The average molecular weight is 207 g/mol. The molecule has 0 spiro atoms. The fraction of sp³-hybridized carbons (Fsp3) is 0.500. The molecular formula is C8H13N7. The van der Waals surface area contributed by atoms with Crippen LogP contribution in [0.1, 0.15) is 19.2 Å². The molecule has 0 unspecified atom stereocenters. The van der Waals surface area contributed by atoms with Crippen molar-refractivity contribution in [2.45, 2.75) is 26.4 Å². The first-order valence-corrected chi connectivity index (χ1v) is 4.81. The molecule has 15 heavy (non-hydrogen) atoms. The second-order valence-electron chi connectivity index (χ2n) is 3.20. The van der Waals surface area contributed by atoms with Gasteiger partial charge in [0.1, 0.15) is 25.0 Å². The molecule has 0 atom stereocenters. The van der Waals surface area contributed by atoms with E-state index in [1.165, 1.54) is 0 Å². The van der Waals surface area contributed by atoms with Crippen LogP contribution in [0.2, 0.25) is 0 Å². The Bertz CT molecular complexity index is 430. The minimum atomic E-state index is 0.275. The van der Waals surface area contributed by atoms with E-state index >= 15 is 0 Å². The maximum absolute atomic E-state index is 5.42. The second-order valence-corrected chi connectivity index (χ2v) is 3.20. The van der Waals surface area contributed by atoms with Crippen LogP contribution in [0, 0.1) is 0 Å². The number of aryl methyl sites for hydroxylation is 1. The Balaban J connectivity index is 2.13. The highest BCUT2D eigenvalue weighted by Crippen LogP contribution is 1.99. The summed E-state index contributed by atoms with van der Waals surface area (Å²) < 4.78 is 3.50. The third-order valence-electron chi connectivity index (χ3n) is 1.99. The highest BCUT2D eigenvalue weighted by Gasteiger charge is 2.05. The van der Waals surface area contributed by atoms with Crippen molar-refractivity contribution in [3.63, 3.8) is 0 Å². The molecule has 7 heteroatoms. The lowest BCUT2D eigenvalue weighted by Crippen LogP contribution is -2.10.